The lowest BCUT2D eigenvalue weighted by Crippen LogP contribution is -2.18. The van der Waals surface area contributed by atoms with Crippen molar-refractivity contribution in [2.24, 2.45) is 0 Å². The molecule has 0 saturated carbocycles. The van der Waals surface area contributed by atoms with Gasteiger partial charge in [-0.1, -0.05) is 29.8 Å². The molecule has 4 rings (SSSR count). The van der Waals surface area contributed by atoms with E-state index in [1.54, 1.807) is 18.3 Å². The lowest BCUT2D eigenvalue weighted by molar-refractivity contribution is 0.102. The van der Waals surface area contributed by atoms with Gasteiger partial charge in [0.05, 0.1) is 23.1 Å². The van der Waals surface area contributed by atoms with Crippen molar-refractivity contribution in [3.8, 4) is 5.75 Å². The molecule has 2 heterocycles. The molecule has 4 aromatic rings. The number of aromatic nitrogens is 3. The second kappa shape index (κ2) is 7.92. The normalized spacial score (nSPS) is 10.8. The van der Waals surface area contributed by atoms with Crippen LogP contribution in [0.25, 0.3) is 11.0 Å². The predicted octanol–water partition coefficient (Wildman–Crippen LogP) is 4.07. The molecule has 0 aliphatic rings. The van der Waals surface area contributed by atoms with Crippen molar-refractivity contribution in [2.45, 2.75) is 13.5 Å². The summed E-state index contributed by atoms with van der Waals surface area (Å²) in [6.45, 7) is 3.05. The second-order valence-electron chi connectivity index (χ2n) is 6.43. The van der Waals surface area contributed by atoms with Gasteiger partial charge < -0.3 is 9.30 Å². The number of nitrogens with one attached hydrogen (secondary N) is 1. The quantitative estimate of drug-likeness (QED) is 0.554. The summed E-state index contributed by atoms with van der Waals surface area (Å²) >= 11 is 0. The smallest absolute Gasteiger partial charge is 0.259 e. The van der Waals surface area contributed by atoms with E-state index < -0.39 is 0 Å². The molecule has 2 aromatic heterocycles. The highest BCUT2D eigenvalue weighted by Gasteiger charge is 2.14. The van der Waals surface area contributed by atoms with E-state index in [2.05, 4.69) is 15.3 Å². The minimum absolute atomic E-state index is 0.246. The fraction of sp³-hybridized carbons (Fsp3) is 0.136. The molecule has 28 heavy (non-hydrogen) atoms. The zero-order valence-electron chi connectivity index (χ0n) is 15.5. The summed E-state index contributed by atoms with van der Waals surface area (Å²) in [6.07, 6.45) is 3.16. The van der Waals surface area contributed by atoms with Crippen molar-refractivity contribution < 1.29 is 9.53 Å². The molecule has 0 saturated heterocycles. The van der Waals surface area contributed by atoms with Crippen LogP contribution in [-0.2, 0) is 6.54 Å². The molecule has 1 amide bonds. The minimum Gasteiger partial charge on any atom is -0.492 e. The van der Waals surface area contributed by atoms with Gasteiger partial charge in [0.15, 0.2) is 0 Å². The molecular weight excluding hydrogens is 352 g/mol. The molecule has 6 heteroatoms. The third kappa shape index (κ3) is 3.86. The molecule has 0 bridgehead atoms. The van der Waals surface area contributed by atoms with Crippen LogP contribution in [0.3, 0.4) is 0 Å². The van der Waals surface area contributed by atoms with Crippen molar-refractivity contribution in [3.63, 3.8) is 0 Å². The van der Waals surface area contributed by atoms with E-state index in [9.17, 15) is 4.79 Å². The van der Waals surface area contributed by atoms with Crippen LogP contribution in [-0.4, -0.2) is 27.0 Å². The summed E-state index contributed by atoms with van der Waals surface area (Å²) in [4.78, 5) is 21.1. The number of para-hydroxylation sites is 2. The lowest BCUT2D eigenvalue weighted by Gasteiger charge is -2.11. The average Bonchev–Trinajstić information content (AvgIpc) is 3.07. The zero-order chi connectivity index (χ0) is 19.3. The van der Waals surface area contributed by atoms with Gasteiger partial charge in [-0.15, -0.1) is 0 Å². The van der Waals surface area contributed by atoms with E-state index in [0.717, 1.165) is 16.8 Å². The fourth-order valence-corrected chi connectivity index (χ4v) is 2.96. The Morgan fingerprint density at radius 1 is 1.07 bits per heavy atom. The third-order valence-electron chi connectivity index (χ3n) is 4.41. The Labute approximate surface area is 162 Å². The van der Waals surface area contributed by atoms with Gasteiger partial charge in [0.25, 0.3) is 5.91 Å². The summed E-state index contributed by atoms with van der Waals surface area (Å²) in [7, 11) is 0. The van der Waals surface area contributed by atoms with Crippen molar-refractivity contribution in [3.05, 3.63) is 84.2 Å². The van der Waals surface area contributed by atoms with Crippen LogP contribution >= 0.6 is 0 Å². The number of rotatable bonds is 6. The molecule has 0 aliphatic carbocycles. The van der Waals surface area contributed by atoms with Crippen LogP contribution in [0, 0.1) is 6.92 Å². The molecule has 0 radical (unpaired) electrons. The van der Waals surface area contributed by atoms with E-state index in [-0.39, 0.29) is 5.91 Å². The number of aryl methyl sites for hydroxylation is 1. The summed E-state index contributed by atoms with van der Waals surface area (Å²) in [6, 6.07) is 19.2. The van der Waals surface area contributed by atoms with Gasteiger partial charge in [0, 0.05) is 12.4 Å². The predicted molar refractivity (Wildman–Crippen MR) is 109 cm³/mol. The van der Waals surface area contributed by atoms with Crippen molar-refractivity contribution in [2.75, 3.05) is 11.9 Å². The number of imidazole rings is 1. The first kappa shape index (κ1) is 17.7. The van der Waals surface area contributed by atoms with E-state index >= 15 is 0 Å². The van der Waals surface area contributed by atoms with E-state index in [0.29, 0.717) is 24.7 Å². The van der Waals surface area contributed by atoms with Crippen molar-refractivity contribution >= 4 is 22.9 Å². The van der Waals surface area contributed by atoms with E-state index in [1.165, 1.54) is 11.8 Å². The Hall–Kier alpha value is -3.67. The number of benzene rings is 2. The molecule has 0 fully saturated rings. The fourth-order valence-electron chi connectivity index (χ4n) is 2.96. The molecule has 0 unspecified atom stereocenters. The molecule has 2 aromatic carbocycles. The Bertz CT molecular complexity index is 1090. The number of anilines is 1. The van der Waals surface area contributed by atoms with Crippen LogP contribution in [0.2, 0.25) is 0 Å². The number of fused-ring (bicyclic) bond motifs is 1. The monoisotopic (exact) mass is 372 g/mol. The minimum atomic E-state index is -0.246. The van der Waals surface area contributed by atoms with Crippen LogP contribution in [0.1, 0.15) is 15.9 Å². The van der Waals surface area contributed by atoms with Gasteiger partial charge in [-0.2, -0.15) is 0 Å². The number of ether oxygens (including phenoxy) is 1. The van der Waals surface area contributed by atoms with Gasteiger partial charge >= 0.3 is 0 Å². The molecule has 0 aliphatic heterocycles. The second-order valence-corrected chi connectivity index (χ2v) is 6.43. The standard InChI is InChI=1S/C22H20N4O2/c1-16-8-10-18(11-9-16)28-14-13-26-20-7-3-2-6-19(20)24-22(26)25-21(27)17-5-4-12-23-15-17/h2-12,15H,13-14H2,1H3,(H,24,25,27). The van der Waals surface area contributed by atoms with Crippen molar-refractivity contribution in [1.82, 2.24) is 14.5 Å². The van der Waals surface area contributed by atoms with Gasteiger partial charge in [-0.05, 0) is 43.3 Å². The number of carbonyl (C=O) groups excluding carboxylic acids is 1. The Morgan fingerprint density at radius 2 is 1.89 bits per heavy atom. The van der Waals surface area contributed by atoms with Gasteiger partial charge in [0.1, 0.15) is 12.4 Å². The summed E-state index contributed by atoms with van der Waals surface area (Å²) in [5.74, 6) is 1.06. The highest BCUT2D eigenvalue weighted by Crippen LogP contribution is 2.20. The van der Waals surface area contributed by atoms with Gasteiger partial charge in [-0.3, -0.25) is 15.1 Å². The SMILES string of the molecule is Cc1ccc(OCCn2c(NC(=O)c3cccnc3)nc3ccccc32)cc1. The third-order valence-corrected chi connectivity index (χ3v) is 4.41. The Morgan fingerprint density at radius 3 is 2.68 bits per heavy atom. The summed E-state index contributed by atoms with van der Waals surface area (Å²) in [5, 5.41) is 2.89. The number of nitrogens with zero attached hydrogens (tertiary/aromatic N) is 3. The van der Waals surface area contributed by atoms with Crippen LogP contribution in [0.5, 0.6) is 5.75 Å². The highest BCUT2D eigenvalue weighted by atomic mass is 16.5. The molecule has 140 valence electrons. The molecule has 0 spiro atoms. The number of amides is 1. The van der Waals surface area contributed by atoms with E-state index in [4.69, 9.17) is 4.74 Å². The molecule has 1 N–H and O–H groups in total. The number of hydrogen-bond acceptors (Lipinski definition) is 4. The summed E-state index contributed by atoms with van der Waals surface area (Å²) < 4.78 is 7.81. The first-order valence-electron chi connectivity index (χ1n) is 9.07. The number of hydrogen-bond donors (Lipinski definition) is 1. The number of carbonyl (C=O) groups is 1. The van der Waals surface area contributed by atoms with Gasteiger partial charge in [-0.25, -0.2) is 4.98 Å². The van der Waals surface area contributed by atoms with Crippen molar-refractivity contribution in [1.29, 1.82) is 0 Å². The topological polar surface area (TPSA) is 69.0 Å². The highest BCUT2D eigenvalue weighted by molar-refractivity contribution is 6.03. The zero-order valence-corrected chi connectivity index (χ0v) is 15.5. The first-order valence-corrected chi connectivity index (χ1v) is 9.07. The molecule has 6 nitrogen and oxygen atoms in total. The van der Waals surface area contributed by atoms with Crippen LogP contribution in [0.4, 0.5) is 5.95 Å². The Kier molecular flexibility index (Phi) is 5.01. The lowest BCUT2D eigenvalue weighted by atomic mass is 10.2. The number of pyridine rings is 1. The average molecular weight is 372 g/mol. The maximum absolute atomic E-state index is 12.5. The maximum Gasteiger partial charge on any atom is 0.259 e. The van der Waals surface area contributed by atoms with E-state index in [1.807, 2.05) is 60.0 Å². The largest absolute Gasteiger partial charge is 0.492 e. The molecular formula is C22H20N4O2. The maximum atomic E-state index is 12.5. The van der Waals surface area contributed by atoms with Crippen LogP contribution in [0.15, 0.2) is 73.1 Å². The van der Waals surface area contributed by atoms with Gasteiger partial charge in [0.2, 0.25) is 5.95 Å². The van der Waals surface area contributed by atoms with Crippen LogP contribution < -0.4 is 10.1 Å². The Balaban J connectivity index is 1.54. The summed E-state index contributed by atoms with van der Waals surface area (Å²) in [5.41, 5.74) is 3.43. The first-order chi connectivity index (χ1) is 13.7. The molecule has 0 atom stereocenters.